The minimum Gasteiger partial charge on any atom is -0.302 e. The number of hydrogen-bond donors (Lipinski definition) is 1. The van der Waals surface area contributed by atoms with Gasteiger partial charge in [0.05, 0.1) is 10.5 Å². The number of thiazole rings is 1. The largest absolute Gasteiger partial charge is 0.302 e. The average Bonchev–Trinajstić information content (AvgIpc) is 2.91. The van der Waals surface area contributed by atoms with Crippen LogP contribution < -0.4 is 5.32 Å². The third kappa shape index (κ3) is 3.41. The van der Waals surface area contributed by atoms with Crippen molar-refractivity contribution in [3.8, 4) is 0 Å². The zero-order valence-corrected chi connectivity index (χ0v) is 13.5. The van der Waals surface area contributed by atoms with Crippen LogP contribution in [0.4, 0.5) is 5.69 Å². The molecule has 5 nitrogen and oxygen atoms in total. The van der Waals surface area contributed by atoms with Crippen LogP contribution in [0.3, 0.4) is 0 Å². The first-order chi connectivity index (χ1) is 9.40. The predicted octanol–water partition coefficient (Wildman–Crippen LogP) is 3.84. The van der Waals surface area contributed by atoms with E-state index < -0.39 is 4.92 Å². The lowest BCUT2D eigenvalue weighted by atomic mass is 10.1. The Kier molecular flexibility index (Phi) is 4.52. The number of nitro groups is 1. The van der Waals surface area contributed by atoms with Gasteiger partial charge in [0.25, 0.3) is 5.69 Å². The Morgan fingerprint density at radius 2 is 2.25 bits per heavy atom. The highest BCUT2D eigenvalue weighted by atomic mass is 79.9. The maximum absolute atomic E-state index is 10.7. The highest BCUT2D eigenvalue weighted by Gasteiger charge is 2.22. The molecule has 1 aromatic carbocycles. The minimum absolute atomic E-state index is 0.0832. The Labute approximate surface area is 129 Å². The summed E-state index contributed by atoms with van der Waals surface area (Å²) in [5.41, 5.74) is 0.815. The summed E-state index contributed by atoms with van der Waals surface area (Å²) in [7, 11) is 0. The molecule has 2 aromatic rings. The van der Waals surface area contributed by atoms with Crippen LogP contribution in [0.2, 0.25) is 0 Å². The van der Waals surface area contributed by atoms with E-state index in [1.165, 1.54) is 12.1 Å². The van der Waals surface area contributed by atoms with Gasteiger partial charge in [-0.25, -0.2) is 4.98 Å². The zero-order chi connectivity index (χ0) is 14.8. The first-order valence-electron chi connectivity index (χ1n) is 5.98. The van der Waals surface area contributed by atoms with Crippen LogP contribution in [0.25, 0.3) is 0 Å². The van der Waals surface area contributed by atoms with Crippen molar-refractivity contribution >= 4 is 33.0 Å². The molecule has 0 saturated carbocycles. The van der Waals surface area contributed by atoms with Crippen molar-refractivity contribution in [3.63, 3.8) is 0 Å². The standard InChI is InChI=1S/C13H14BrN3O2S/c1-13(2,12-15-5-6-20-12)16-8-9-3-4-10(17(18)19)7-11(9)14/h3-7,16H,8H2,1-2H3. The number of benzene rings is 1. The molecular weight excluding hydrogens is 342 g/mol. The van der Waals surface area contributed by atoms with E-state index in [-0.39, 0.29) is 11.2 Å². The smallest absolute Gasteiger partial charge is 0.270 e. The molecule has 20 heavy (non-hydrogen) atoms. The van der Waals surface area contributed by atoms with Gasteiger partial charge in [-0.05, 0) is 25.5 Å². The number of rotatable bonds is 5. The number of aromatic nitrogens is 1. The molecule has 0 fully saturated rings. The summed E-state index contributed by atoms with van der Waals surface area (Å²) >= 11 is 4.98. The molecule has 0 spiro atoms. The van der Waals surface area contributed by atoms with Crippen LogP contribution >= 0.6 is 27.3 Å². The van der Waals surface area contributed by atoms with Crippen molar-refractivity contribution in [1.29, 1.82) is 0 Å². The van der Waals surface area contributed by atoms with E-state index in [0.717, 1.165) is 15.0 Å². The maximum atomic E-state index is 10.7. The maximum Gasteiger partial charge on any atom is 0.270 e. The second-order valence-corrected chi connectivity index (χ2v) is 6.60. The molecular formula is C13H14BrN3O2S. The molecule has 0 bridgehead atoms. The summed E-state index contributed by atoms with van der Waals surface area (Å²) in [5, 5.41) is 17.1. The fourth-order valence-electron chi connectivity index (χ4n) is 1.72. The Hall–Kier alpha value is -1.31. The second-order valence-electron chi connectivity index (χ2n) is 4.85. The Bertz CT molecular complexity index is 614. The number of nitro benzene ring substituents is 1. The lowest BCUT2D eigenvalue weighted by Gasteiger charge is -2.24. The highest BCUT2D eigenvalue weighted by molar-refractivity contribution is 9.10. The molecule has 106 valence electrons. The molecule has 1 N–H and O–H groups in total. The van der Waals surface area contributed by atoms with Crippen molar-refractivity contribution in [2.24, 2.45) is 0 Å². The van der Waals surface area contributed by atoms with E-state index in [2.05, 4.69) is 40.1 Å². The van der Waals surface area contributed by atoms with Crippen LogP contribution in [0.5, 0.6) is 0 Å². The Morgan fingerprint density at radius 3 is 2.80 bits per heavy atom. The number of non-ortho nitro benzene ring substituents is 1. The molecule has 1 heterocycles. The van der Waals surface area contributed by atoms with Crippen LogP contribution in [0.15, 0.2) is 34.2 Å². The van der Waals surface area contributed by atoms with Crippen LogP contribution in [-0.4, -0.2) is 9.91 Å². The second kappa shape index (κ2) is 5.99. The molecule has 0 aliphatic rings. The Balaban J connectivity index is 2.10. The van der Waals surface area contributed by atoms with Crippen LogP contribution in [0, 0.1) is 10.1 Å². The van der Waals surface area contributed by atoms with Gasteiger partial charge in [0.2, 0.25) is 0 Å². The van der Waals surface area contributed by atoms with Gasteiger partial charge >= 0.3 is 0 Å². The number of nitrogens with zero attached hydrogens (tertiary/aromatic N) is 2. The molecule has 0 saturated heterocycles. The summed E-state index contributed by atoms with van der Waals surface area (Å²) in [6, 6.07) is 4.79. The molecule has 1 aromatic heterocycles. The minimum atomic E-state index is -0.401. The molecule has 0 unspecified atom stereocenters. The van der Waals surface area contributed by atoms with Gasteiger partial charge in [0.1, 0.15) is 5.01 Å². The van der Waals surface area contributed by atoms with Crippen molar-refractivity contribution in [2.45, 2.75) is 25.9 Å². The number of halogens is 1. The topological polar surface area (TPSA) is 68.1 Å². The van der Waals surface area contributed by atoms with E-state index in [1.54, 1.807) is 23.6 Å². The first-order valence-corrected chi connectivity index (χ1v) is 7.65. The van der Waals surface area contributed by atoms with E-state index >= 15 is 0 Å². The van der Waals surface area contributed by atoms with Crippen molar-refractivity contribution in [3.05, 3.63) is 54.9 Å². The van der Waals surface area contributed by atoms with Crippen molar-refractivity contribution < 1.29 is 4.92 Å². The summed E-state index contributed by atoms with van der Waals surface area (Å²) in [5.74, 6) is 0. The number of nitrogens with one attached hydrogen (secondary N) is 1. The van der Waals surface area contributed by atoms with Crippen molar-refractivity contribution in [1.82, 2.24) is 10.3 Å². The average molecular weight is 356 g/mol. The summed E-state index contributed by atoms with van der Waals surface area (Å²) < 4.78 is 0.731. The zero-order valence-electron chi connectivity index (χ0n) is 11.1. The summed E-state index contributed by atoms with van der Waals surface area (Å²) in [6.07, 6.45) is 1.78. The van der Waals surface area contributed by atoms with Crippen LogP contribution in [-0.2, 0) is 12.1 Å². The summed E-state index contributed by atoms with van der Waals surface area (Å²) in [6.45, 7) is 4.72. The predicted molar refractivity (Wildman–Crippen MR) is 82.8 cm³/mol. The van der Waals surface area contributed by atoms with Gasteiger partial charge in [-0.1, -0.05) is 15.9 Å². The van der Waals surface area contributed by atoms with E-state index in [4.69, 9.17) is 0 Å². The van der Waals surface area contributed by atoms with Gasteiger partial charge in [0, 0.05) is 34.7 Å². The molecule has 0 amide bonds. The molecule has 7 heteroatoms. The highest BCUT2D eigenvalue weighted by Crippen LogP contribution is 2.26. The third-order valence-electron chi connectivity index (χ3n) is 2.94. The van der Waals surface area contributed by atoms with E-state index in [9.17, 15) is 10.1 Å². The fraction of sp³-hybridized carbons (Fsp3) is 0.308. The van der Waals surface area contributed by atoms with E-state index in [1.807, 2.05) is 5.38 Å². The third-order valence-corrected chi connectivity index (χ3v) is 4.77. The quantitative estimate of drug-likeness (QED) is 0.653. The van der Waals surface area contributed by atoms with Crippen molar-refractivity contribution in [2.75, 3.05) is 0 Å². The number of hydrogen-bond acceptors (Lipinski definition) is 5. The summed E-state index contributed by atoms with van der Waals surface area (Å²) in [4.78, 5) is 14.6. The van der Waals surface area contributed by atoms with Gasteiger partial charge in [-0.2, -0.15) is 0 Å². The monoisotopic (exact) mass is 355 g/mol. The lowest BCUT2D eigenvalue weighted by molar-refractivity contribution is -0.384. The molecule has 0 radical (unpaired) electrons. The van der Waals surface area contributed by atoms with Gasteiger partial charge in [-0.3, -0.25) is 10.1 Å². The fourth-order valence-corrected chi connectivity index (χ4v) is 2.96. The SMILES string of the molecule is CC(C)(NCc1ccc([N+](=O)[O-])cc1Br)c1nccs1. The lowest BCUT2D eigenvalue weighted by Crippen LogP contribution is -2.35. The normalized spacial score (nSPS) is 11.6. The molecule has 2 rings (SSSR count). The van der Waals surface area contributed by atoms with E-state index in [0.29, 0.717) is 6.54 Å². The van der Waals surface area contributed by atoms with Gasteiger partial charge in [0.15, 0.2) is 0 Å². The first kappa shape index (κ1) is 15.1. The Morgan fingerprint density at radius 1 is 1.50 bits per heavy atom. The van der Waals surface area contributed by atoms with Crippen LogP contribution in [0.1, 0.15) is 24.4 Å². The van der Waals surface area contributed by atoms with Gasteiger partial charge < -0.3 is 5.32 Å². The molecule has 0 aliphatic carbocycles. The molecule has 0 aliphatic heterocycles. The molecule has 0 atom stereocenters. The van der Waals surface area contributed by atoms with Gasteiger partial charge in [-0.15, -0.1) is 11.3 Å².